The molecule has 0 amide bonds. The van der Waals surface area contributed by atoms with E-state index in [0.29, 0.717) is 17.9 Å². The summed E-state index contributed by atoms with van der Waals surface area (Å²) in [6.07, 6.45) is 9.36. The van der Waals surface area contributed by atoms with Crippen LogP contribution in [0.5, 0.6) is 0 Å². The molecule has 102 valence electrons. The first-order chi connectivity index (χ1) is 8.75. The van der Waals surface area contributed by atoms with E-state index in [1.54, 1.807) is 6.92 Å². The van der Waals surface area contributed by atoms with E-state index in [0.717, 1.165) is 0 Å². The first-order valence-corrected chi connectivity index (χ1v) is 7.67. The highest BCUT2D eigenvalue weighted by Gasteiger charge is 2.45. The van der Waals surface area contributed by atoms with Crippen LogP contribution in [0.2, 0.25) is 0 Å². The maximum atomic E-state index is 11.3. The van der Waals surface area contributed by atoms with Crippen LogP contribution in [0.3, 0.4) is 0 Å². The second-order valence-corrected chi connectivity index (χ2v) is 6.32. The number of fused-ring (bicyclic) bond motifs is 2. The molecule has 1 heterocycles. The Bertz CT molecular complexity index is 312. The Labute approximate surface area is 110 Å². The largest absolute Gasteiger partial charge is 0.462 e. The molecule has 1 saturated heterocycles. The van der Waals surface area contributed by atoms with E-state index < -0.39 is 0 Å². The van der Waals surface area contributed by atoms with Gasteiger partial charge >= 0.3 is 5.97 Å². The second-order valence-electron chi connectivity index (χ2n) is 6.32. The van der Waals surface area contributed by atoms with Gasteiger partial charge in [0.15, 0.2) is 0 Å². The lowest BCUT2D eigenvalue weighted by Gasteiger charge is -2.48. The minimum atomic E-state index is -0.0843. The third kappa shape index (κ3) is 2.29. The number of rotatable bonds is 2. The third-order valence-corrected chi connectivity index (χ3v) is 5.24. The monoisotopic (exact) mass is 251 g/mol. The fourth-order valence-electron chi connectivity index (χ4n) is 4.51. The van der Waals surface area contributed by atoms with Crippen molar-refractivity contribution in [2.75, 3.05) is 13.1 Å². The Morgan fingerprint density at radius 1 is 1.06 bits per heavy atom. The molecule has 18 heavy (non-hydrogen) atoms. The maximum Gasteiger partial charge on any atom is 0.302 e. The van der Waals surface area contributed by atoms with Gasteiger partial charge in [0.1, 0.15) is 6.10 Å². The zero-order valence-electron chi connectivity index (χ0n) is 11.4. The van der Waals surface area contributed by atoms with Gasteiger partial charge in [-0.15, -0.1) is 0 Å². The molecule has 3 heteroatoms. The van der Waals surface area contributed by atoms with Gasteiger partial charge in [0.2, 0.25) is 0 Å². The molecule has 0 spiro atoms. The van der Waals surface area contributed by atoms with Crippen LogP contribution in [0, 0.1) is 11.8 Å². The Morgan fingerprint density at radius 2 is 1.83 bits per heavy atom. The molecule has 3 aliphatic rings. The molecule has 2 saturated carbocycles. The molecular formula is C15H25NO2. The Morgan fingerprint density at radius 3 is 2.56 bits per heavy atom. The van der Waals surface area contributed by atoms with Crippen molar-refractivity contribution in [3.8, 4) is 0 Å². The van der Waals surface area contributed by atoms with E-state index in [4.69, 9.17) is 4.74 Å². The van der Waals surface area contributed by atoms with Crippen molar-refractivity contribution in [2.24, 2.45) is 11.8 Å². The topological polar surface area (TPSA) is 29.5 Å². The lowest BCUT2D eigenvalue weighted by molar-refractivity contribution is -0.161. The molecule has 0 aromatic rings. The van der Waals surface area contributed by atoms with Gasteiger partial charge in [-0.3, -0.25) is 9.69 Å². The predicted molar refractivity (Wildman–Crippen MR) is 70.2 cm³/mol. The van der Waals surface area contributed by atoms with Gasteiger partial charge in [-0.1, -0.05) is 6.42 Å². The summed E-state index contributed by atoms with van der Waals surface area (Å²) < 4.78 is 5.68. The molecule has 0 N–H and O–H groups in total. The van der Waals surface area contributed by atoms with Crippen molar-refractivity contribution in [2.45, 2.75) is 64.0 Å². The smallest absolute Gasteiger partial charge is 0.302 e. The summed E-state index contributed by atoms with van der Waals surface area (Å²) in [6.45, 7) is 4.09. The molecule has 3 rings (SSSR count). The van der Waals surface area contributed by atoms with E-state index in [1.807, 2.05) is 0 Å². The van der Waals surface area contributed by atoms with Crippen LogP contribution < -0.4 is 0 Å². The summed E-state index contributed by atoms with van der Waals surface area (Å²) in [7, 11) is 0. The van der Waals surface area contributed by atoms with Crippen molar-refractivity contribution < 1.29 is 9.53 Å². The number of likely N-dealkylation sites (tertiary alicyclic amines) is 1. The van der Waals surface area contributed by atoms with Gasteiger partial charge in [0.05, 0.1) is 0 Å². The van der Waals surface area contributed by atoms with E-state index in [1.165, 1.54) is 58.0 Å². The van der Waals surface area contributed by atoms with Crippen LogP contribution in [-0.2, 0) is 9.53 Å². The third-order valence-electron chi connectivity index (χ3n) is 5.24. The van der Waals surface area contributed by atoms with Gasteiger partial charge in [-0.2, -0.15) is 0 Å². The van der Waals surface area contributed by atoms with Crippen LogP contribution in [0.15, 0.2) is 0 Å². The summed E-state index contributed by atoms with van der Waals surface area (Å²) in [4.78, 5) is 14.0. The molecule has 1 aliphatic heterocycles. The van der Waals surface area contributed by atoms with Crippen molar-refractivity contribution in [3.63, 3.8) is 0 Å². The number of ether oxygens (including phenoxy) is 1. The number of hydrogen-bond donors (Lipinski definition) is 0. The van der Waals surface area contributed by atoms with Crippen molar-refractivity contribution >= 4 is 5.97 Å². The molecule has 3 nitrogen and oxygen atoms in total. The van der Waals surface area contributed by atoms with E-state index in [9.17, 15) is 4.79 Å². The highest BCUT2D eigenvalue weighted by Crippen LogP contribution is 2.44. The van der Waals surface area contributed by atoms with Crippen LogP contribution >= 0.6 is 0 Å². The van der Waals surface area contributed by atoms with E-state index in [2.05, 4.69) is 4.90 Å². The molecule has 2 aliphatic carbocycles. The van der Waals surface area contributed by atoms with Gasteiger partial charge < -0.3 is 4.74 Å². The molecule has 2 bridgehead atoms. The van der Waals surface area contributed by atoms with Gasteiger partial charge in [-0.05, 0) is 57.5 Å². The Balaban J connectivity index is 1.74. The zero-order chi connectivity index (χ0) is 12.5. The fourth-order valence-corrected chi connectivity index (χ4v) is 4.51. The quantitative estimate of drug-likeness (QED) is 0.707. The first kappa shape index (κ1) is 12.5. The summed E-state index contributed by atoms with van der Waals surface area (Å²) >= 11 is 0. The van der Waals surface area contributed by atoms with E-state index in [-0.39, 0.29) is 12.1 Å². The molecule has 0 unspecified atom stereocenters. The lowest BCUT2D eigenvalue weighted by Crippen LogP contribution is -2.52. The van der Waals surface area contributed by atoms with Crippen LogP contribution in [0.4, 0.5) is 0 Å². The highest BCUT2D eigenvalue weighted by atomic mass is 16.5. The average molecular weight is 251 g/mol. The summed E-state index contributed by atoms with van der Waals surface area (Å²) in [5, 5.41) is 0. The normalized spacial score (nSPS) is 40.7. The Kier molecular flexibility index (Phi) is 3.60. The number of esters is 1. The van der Waals surface area contributed by atoms with Crippen molar-refractivity contribution in [1.29, 1.82) is 0 Å². The first-order valence-electron chi connectivity index (χ1n) is 7.67. The number of nitrogens with zero attached hydrogens (tertiary/aromatic N) is 1. The molecule has 4 atom stereocenters. The summed E-state index contributed by atoms with van der Waals surface area (Å²) in [6, 6.07) is 0.688. The highest BCUT2D eigenvalue weighted by molar-refractivity contribution is 5.66. The minimum Gasteiger partial charge on any atom is -0.462 e. The van der Waals surface area contributed by atoms with Gasteiger partial charge in [-0.25, -0.2) is 0 Å². The summed E-state index contributed by atoms with van der Waals surface area (Å²) in [5.41, 5.74) is 0. The van der Waals surface area contributed by atoms with Crippen LogP contribution in [-0.4, -0.2) is 36.1 Å². The van der Waals surface area contributed by atoms with Gasteiger partial charge in [0, 0.05) is 18.9 Å². The Hall–Kier alpha value is -0.570. The lowest BCUT2D eigenvalue weighted by atomic mass is 9.67. The standard InChI is InChI=1S/C15H25NO2/c1-11(17)18-15-12-5-4-6-13(15)14(8-7-12)16-9-2-3-10-16/h12-15H,2-10H2,1H3/t12-,13+,14+,15+/m1/s1. The number of carbonyl (C=O) groups excluding carboxylic acids is 1. The second kappa shape index (κ2) is 5.20. The minimum absolute atomic E-state index is 0.0843. The number of carbonyl (C=O) groups is 1. The molecule has 3 fully saturated rings. The summed E-state index contributed by atoms with van der Waals surface area (Å²) in [5.74, 6) is 1.17. The molecular weight excluding hydrogens is 226 g/mol. The van der Waals surface area contributed by atoms with Crippen molar-refractivity contribution in [1.82, 2.24) is 4.90 Å². The van der Waals surface area contributed by atoms with Crippen LogP contribution in [0.1, 0.15) is 51.9 Å². The van der Waals surface area contributed by atoms with Gasteiger partial charge in [0.25, 0.3) is 0 Å². The maximum absolute atomic E-state index is 11.3. The van der Waals surface area contributed by atoms with E-state index >= 15 is 0 Å². The average Bonchev–Trinajstić information content (AvgIpc) is 2.81. The zero-order valence-corrected chi connectivity index (χ0v) is 11.4. The predicted octanol–water partition coefficient (Wildman–Crippen LogP) is 2.59. The molecule has 0 aromatic heterocycles. The SMILES string of the molecule is CC(=O)O[C@H]1[C@@H]2CCC[C@H]1[C@@H](N1CCCC1)CC2. The molecule has 0 aromatic carbocycles. The van der Waals surface area contributed by atoms with Crippen molar-refractivity contribution in [3.05, 3.63) is 0 Å². The molecule has 0 radical (unpaired) electrons. The fraction of sp³-hybridized carbons (Fsp3) is 0.933. The number of hydrogen-bond acceptors (Lipinski definition) is 3. The van der Waals surface area contributed by atoms with Crippen LogP contribution in [0.25, 0.3) is 0 Å².